The number of halogens is 3. The summed E-state index contributed by atoms with van der Waals surface area (Å²) < 4.78 is 99.3. The highest BCUT2D eigenvalue weighted by molar-refractivity contribution is 7.92. The molecule has 1 saturated carbocycles. The maximum atomic E-state index is 15.1. The zero-order valence-electron chi connectivity index (χ0n) is 68.5. The average Bonchev–Trinajstić information content (AvgIpc) is 1.76. The number of piperidine rings is 1. The number of benzene rings is 4. The second-order valence-corrected chi connectivity index (χ2v) is 34.5. The number of rotatable bonds is 19. The molecule has 12 N–H and O–H groups in total. The van der Waals surface area contributed by atoms with Crippen molar-refractivity contribution in [2.24, 2.45) is 13.0 Å². The van der Waals surface area contributed by atoms with Crippen LogP contribution in [0.5, 0.6) is 0 Å². The summed E-state index contributed by atoms with van der Waals surface area (Å²) in [6.07, 6.45) is 22.3. The molecule has 0 atom stereocenters. The number of nitrogens with one attached hydrogen (secondary N) is 4. The number of nitrogens with zero attached hydrogens (tertiary/aromatic N) is 18. The van der Waals surface area contributed by atoms with E-state index in [1.807, 2.05) is 65.7 Å². The van der Waals surface area contributed by atoms with E-state index in [9.17, 15) is 44.8 Å². The van der Waals surface area contributed by atoms with E-state index < -0.39 is 60.1 Å². The van der Waals surface area contributed by atoms with E-state index in [0.29, 0.717) is 83.0 Å². The van der Waals surface area contributed by atoms with E-state index in [2.05, 4.69) is 86.4 Å². The number of carbonyl (C=O) groups is 4. The number of piperazine rings is 1. The molecule has 17 rings (SSSR count). The van der Waals surface area contributed by atoms with Crippen LogP contribution in [0.4, 0.5) is 59.2 Å². The summed E-state index contributed by atoms with van der Waals surface area (Å²) in [5.41, 5.74) is 33.2. The van der Waals surface area contributed by atoms with Crippen LogP contribution >= 0.6 is 0 Å². The molecule has 4 aromatic carbocycles. The second kappa shape index (κ2) is 37.5. The Kier molecular flexibility index (Phi) is 26.0. The molecule has 0 bridgehead atoms. The van der Waals surface area contributed by atoms with E-state index in [-0.39, 0.29) is 84.4 Å². The molecule has 0 spiro atoms. The van der Waals surface area contributed by atoms with Gasteiger partial charge in [0.2, 0.25) is 5.91 Å². The molecule has 644 valence electrons. The fraction of sp³-hybridized carbons (Fsp3) is 0.247. The van der Waals surface area contributed by atoms with Crippen LogP contribution in [-0.4, -0.2) is 188 Å². The van der Waals surface area contributed by atoms with Gasteiger partial charge in [0.1, 0.15) is 22.5 Å². The van der Waals surface area contributed by atoms with Crippen LogP contribution in [0.15, 0.2) is 198 Å². The van der Waals surface area contributed by atoms with Crippen molar-refractivity contribution in [3.8, 4) is 56.5 Å². The second-order valence-electron chi connectivity index (χ2n) is 30.0. The number of imidazole rings is 1. The molecule has 35 nitrogen and oxygen atoms in total. The number of aromatic nitrogens is 15. The van der Waals surface area contributed by atoms with E-state index in [4.69, 9.17) is 27.5 Å². The molecule has 4 amide bonds. The Balaban J connectivity index is 0.000000137. The number of amides is 4. The Hall–Kier alpha value is -14.5. The monoisotopic (exact) mass is 1740 g/mol. The van der Waals surface area contributed by atoms with E-state index in [1.165, 1.54) is 49.4 Å². The highest BCUT2D eigenvalue weighted by atomic mass is 32.2. The Morgan fingerprint density at radius 2 is 1.14 bits per heavy atom. The molecule has 14 aromatic rings. The predicted octanol–water partition coefficient (Wildman–Crippen LogP) is 10.3. The van der Waals surface area contributed by atoms with Gasteiger partial charge < -0.3 is 63.1 Å². The van der Waals surface area contributed by atoms with Gasteiger partial charge in [0.15, 0.2) is 88.8 Å². The molecule has 125 heavy (non-hydrogen) atoms. The lowest BCUT2D eigenvalue weighted by molar-refractivity contribution is -0.138. The van der Waals surface area contributed by atoms with Gasteiger partial charge in [-0.05, 0) is 101 Å². The van der Waals surface area contributed by atoms with Crippen LogP contribution in [-0.2, 0) is 38.1 Å². The van der Waals surface area contributed by atoms with Crippen molar-refractivity contribution in [1.82, 2.24) is 88.9 Å². The molecule has 0 unspecified atom stereocenters. The van der Waals surface area contributed by atoms with Crippen LogP contribution in [0.2, 0.25) is 0 Å². The smallest absolute Gasteiger partial charge is 0.278 e. The van der Waals surface area contributed by atoms with Crippen molar-refractivity contribution in [2.45, 2.75) is 80.5 Å². The van der Waals surface area contributed by atoms with Crippen molar-refractivity contribution < 1.29 is 53.7 Å². The first-order valence-corrected chi connectivity index (χ1v) is 42.9. The van der Waals surface area contributed by atoms with Crippen molar-refractivity contribution in [3.63, 3.8) is 0 Å². The quantitative estimate of drug-likeness (QED) is 0.0373. The van der Waals surface area contributed by atoms with Crippen LogP contribution in [0.25, 0.3) is 67.8 Å². The molecule has 3 fully saturated rings. The lowest BCUT2D eigenvalue weighted by Gasteiger charge is -2.44. The van der Waals surface area contributed by atoms with Crippen LogP contribution < -0.4 is 49.1 Å². The summed E-state index contributed by atoms with van der Waals surface area (Å²) in [5, 5.41) is 22.9. The van der Waals surface area contributed by atoms with Crippen LogP contribution in [0.3, 0.4) is 0 Å². The maximum Gasteiger partial charge on any atom is 0.278 e. The standard InChI is InChI=1S/C26H31F2N9O2.C24H25N5O3S.C18H16N4O3S.C17H15FN8O/c27-17-12-31-24-21(23(29)33-37(24)15-17)25(38)32-20-14-30-13-19(28)22(20)35-6-4-16(5-7-35)26(39)36-10-8-34(9-11-36)18-2-1-3-18;1-15(2)33(30,31)19-10-8-18(9-11-19)21-14-27-24(25)23(28-21)22-12-20(29-32-22)17-6-4-16(5-7-17)13-26-3;1-26(24,25)14-9-7-12(8-10-14)15-11-20-17(19)16(22-15)18(23)21-13-5-3-2-4-6-13;1-9-3-20-5-11(13(9)12-6-21-8-25(12)2)23-17(27)14-15(19)24-26-7-10(18)4-22-16(14)26/h12-16,18H,1-11H2,(H2,29,33)(H,32,38);4-12,14-15,26H,13H2,1-3H3,(H2,25,27);2-11H,1H3,(H2,19,20)(H,21,23);3-8H,1-2H3,(H2,19,24)(H,23,27). The van der Waals surface area contributed by atoms with Crippen LogP contribution in [0, 0.1) is 30.3 Å². The number of pyridine rings is 2. The molecule has 10 aromatic heterocycles. The van der Waals surface area contributed by atoms with Gasteiger partial charge in [-0.1, -0.05) is 78.3 Å². The topological polar surface area (TPSA) is 480 Å². The summed E-state index contributed by atoms with van der Waals surface area (Å²) >= 11 is 0. The lowest BCUT2D eigenvalue weighted by Crippen LogP contribution is -2.55. The third kappa shape index (κ3) is 19.7. The number of anilines is 8. The number of sulfone groups is 2. The summed E-state index contributed by atoms with van der Waals surface area (Å²) in [7, 11) is -2.87. The van der Waals surface area contributed by atoms with Gasteiger partial charge in [0.25, 0.3) is 17.7 Å². The van der Waals surface area contributed by atoms with Gasteiger partial charge in [-0.3, -0.25) is 34.0 Å². The summed E-state index contributed by atoms with van der Waals surface area (Å²) in [6, 6.07) is 32.1. The molecule has 12 heterocycles. The molecule has 3 aliphatic rings. The number of hydrogen-bond acceptors (Lipinski definition) is 28. The van der Waals surface area contributed by atoms with Gasteiger partial charge in [0.05, 0.1) is 112 Å². The molecular formula is C85H87F3N26O9S2. The molecule has 2 aliphatic heterocycles. The Bertz CT molecular complexity index is 6560. The Labute approximate surface area is 714 Å². The fourth-order valence-electron chi connectivity index (χ4n) is 14.4. The number of fused-ring (bicyclic) bond motifs is 2. The van der Waals surface area contributed by atoms with Crippen molar-refractivity contribution in [3.05, 3.63) is 229 Å². The van der Waals surface area contributed by atoms with E-state index >= 15 is 4.39 Å². The van der Waals surface area contributed by atoms with E-state index in [0.717, 1.165) is 101 Å². The number of nitrogens with two attached hydrogens (primary N) is 4. The zero-order valence-corrected chi connectivity index (χ0v) is 70.2. The molecule has 40 heteroatoms. The summed E-state index contributed by atoms with van der Waals surface area (Å²) in [4.78, 5) is 95.7. The Morgan fingerprint density at radius 1 is 0.584 bits per heavy atom. The number of para-hydroxylation sites is 1. The molecule has 1 aliphatic carbocycles. The van der Waals surface area contributed by atoms with Crippen molar-refractivity contribution in [1.29, 1.82) is 0 Å². The first-order valence-electron chi connectivity index (χ1n) is 39.5. The normalized spacial score (nSPS) is 13.8. The van der Waals surface area contributed by atoms with Crippen LogP contribution in [0.1, 0.15) is 88.3 Å². The first kappa shape index (κ1) is 86.9. The fourth-order valence-corrected chi connectivity index (χ4v) is 16.1. The number of carbonyl (C=O) groups excluding carboxylic acids is 4. The number of aryl methyl sites for hydroxylation is 2. The minimum absolute atomic E-state index is 0.00135. The highest BCUT2D eigenvalue weighted by Gasteiger charge is 2.36. The van der Waals surface area contributed by atoms with Crippen molar-refractivity contribution in [2.75, 3.05) is 96.4 Å². The molecule has 0 radical (unpaired) electrons. The minimum Gasteiger partial charge on any atom is -0.382 e. The average molecular weight is 1740 g/mol. The first-order chi connectivity index (χ1) is 60.0. The van der Waals surface area contributed by atoms with Gasteiger partial charge >= 0.3 is 0 Å². The Morgan fingerprint density at radius 3 is 1.71 bits per heavy atom. The third-order valence-corrected chi connectivity index (χ3v) is 24.5. The maximum absolute atomic E-state index is 15.1. The van der Waals surface area contributed by atoms with Crippen molar-refractivity contribution >= 4 is 101 Å². The van der Waals surface area contributed by atoms with Gasteiger partial charge in [0, 0.05) is 111 Å². The van der Waals surface area contributed by atoms with Gasteiger partial charge in [-0.15, -0.1) is 10.2 Å². The zero-order chi connectivity index (χ0) is 88.5. The minimum atomic E-state index is -3.35. The van der Waals surface area contributed by atoms with Gasteiger partial charge in [-0.25, -0.2) is 73.9 Å². The molecular weight excluding hydrogens is 1650 g/mol. The summed E-state index contributed by atoms with van der Waals surface area (Å²) in [5.74, 6) is -2.95. The van der Waals surface area contributed by atoms with Gasteiger partial charge in [-0.2, -0.15) is 0 Å². The van der Waals surface area contributed by atoms with E-state index in [1.54, 1.807) is 112 Å². The summed E-state index contributed by atoms with van der Waals surface area (Å²) in [6.45, 7) is 10.3. The molecule has 2 saturated heterocycles. The number of nitrogen functional groups attached to an aromatic ring is 4. The SMILES string of the molecule is CNCc1ccc(-c2cc(-c3nc(-c4ccc(S(=O)(=O)C(C)C)cc4)cnc3N)on2)cc1.CS(=O)(=O)c1ccc(-c2cnc(N)c(C(=O)Nc3ccccc3)n2)cc1.Cc1cncc(NC(=O)c2c(N)nn3cc(F)cnc23)c1-c1cncn1C.Nc1nn2cc(F)cnc2c1C(=O)Nc1cncc(F)c1N1CCC(C(=O)N2CCN(C3CCC3)CC2)CC1. The largest absolute Gasteiger partial charge is 0.382 e. The lowest BCUT2D eigenvalue weighted by atomic mass is 9.90. The highest BCUT2D eigenvalue weighted by Crippen LogP contribution is 2.37. The third-order valence-electron chi connectivity index (χ3n) is 21.2. The predicted molar refractivity (Wildman–Crippen MR) is 464 cm³/mol. The number of hydrogen-bond donors (Lipinski definition) is 8.